The van der Waals surface area contributed by atoms with Crippen LogP contribution in [0.2, 0.25) is 0 Å². The molecule has 386 valence electrons. The van der Waals surface area contributed by atoms with Gasteiger partial charge in [0.25, 0.3) is 11.6 Å². The zero-order valence-corrected chi connectivity index (χ0v) is 41.8. The molecule has 4 atom stereocenters. The number of nitrogens with zero attached hydrogens (tertiary/aromatic N) is 5. The lowest BCUT2D eigenvalue weighted by molar-refractivity contribution is -0.384. The van der Waals surface area contributed by atoms with Crippen LogP contribution in [0.1, 0.15) is 92.2 Å². The fraction of sp³-hybridized carbons (Fsp3) is 0.509. The van der Waals surface area contributed by atoms with Crippen LogP contribution in [0.5, 0.6) is 11.6 Å². The molecular weight excluding hydrogens is 960 g/mol. The number of nitro benzene ring substituents is 1. The molecule has 0 unspecified atom stereocenters. The van der Waals surface area contributed by atoms with E-state index in [-0.39, 0.29) is 84.2 Å². The normalized spacial score (nSPS) is 24.9. The summed E-state index contributed by atoms with van der Waals surface area (Å²) >= 11 is 0. The van der Waals surface area contributed by atoms with Crippen LogP contribution in [0.25, 0.3) is 11.0 Å². The van der Waals surface area contributed by atoms with E-state index in [1.54, 1.807) is 18.3 Å². The van der Waals surface area contributed by atoms with Gasteiger partial charge >= 0.3 is 0 Å². The van der Waals surface area contributed by atoms with Gasteiger partial charge in [0.15, 0.2) is 11.4 Å². The first-order valence-electron chi connectivity index (χ1n) is 25.6. The highest BCUT2D eigenvalue weighted by Gasteiger charge is 2.52. The van der Waals surface area contributed by atoms with Crippen molar-refractivity contribution in [3.05, 3.63) is 93.7 Å². The number of aromatic amines is 1. The summed E-state index contributed by atoms with van der Waals surface area (Å²) < 4.78 is 78.7. The number of halogens is 1. The molecule has 73 heavy (non-hydrogen) atoms. The average molecular weight is 1020 g/mol. The number of aromatic nitrogens is 2. The van der Waals surface area contributed by atoms with E-state index in [1.807, 2.05) is 17.0 Å². The van der Waals surface area contributed by atoms with Gasteiger partial charge in [-0.25, -0.2) is 12.8 Å². The molecule has 0 radical (unpaired) electrons. The second-order valence-corrected chi connectivity index (χ2v) is 23.1. The minimum atomic E-state index is -4.86. The Kier molecular flexibility index (Phi) is 12.1. The molecule has 4 N–H and O–H groups in total. The van der Waals surface area contributed by atoms with Crippen LogP contribution in [-0.2, 0) is 24.0 Å². The molecule has 12 rings (SSSR count). The van der Waals surface area contributed by atoms with Crippen LogP contribution >= 0.6 is 0 Å². The lowest BCUT2D eigenvalue weighted by Crippen LogP contribution is -2.58. The topological polar surface area (TPSA) is 217 Å². The minimum absolute atomic E-state index is 0.0190. The van der Waals surface area contributed by atoms with Gasteiger partial charge in [-0.2, -0.15) is 4.98 Å². The Morgan fingerprint density at radius 1 is 0.932 bits per heavy atom. The maximum absolute atomic E-state index is 16.3. The Hall–Kier alpha value is -6.06. The number of nitrogens with one attached hydrogen (secondary N) is 2. The molecule has 6 aliphatic heterocycles. The molecule has 5 fully saturated rings. The minimum Gasteiger partial charge on any atom is -0.489 e. The number of fused-ring (bicyclic) bond motifs is 4. The van der Waals surface area contributed by atoms with Gasteiger partial charge in [0.05, 0.1) is 64.7 Å². The second kappa shape index (κ2) is 18.4. The predicted molar refractivity (Wildman–Crippen MR) is 270 cm³/mol. The number of anilines is 4. The fourth-order valence-corrected chi connectivity index (χ4v) is 14.6. The highest BCUT2D eigenvalue weighted by Crippen LogP contribution is 2.56. The standard InChI is InChI=1S/C53H61FN8O10S/c1-31(2)35-5-3-4-6-36(35)42-28-70-22-18-60(42)33-26-52(27-33)11-16-59(17-12-52)39-8-7-37(49(55)63)47(61-38-10-19-69-29-44(38)72-51-41(61)23-32-9-15-56-50(32)58-51)48(39)73(66,67)34-24-40(62(64)65)46-43(25-34)71-30-45(57-46)53(54)13-20-68-21-14-53/h3-9,15,23-25,31,33,38,42,44-45,57H,10-14,16-22,26-30H2,1-2H3,(H2,55,63)(H,56,58)/t38-,42-,44-,45-/m0/s1. The molecule has 20 heteroatoms. The molecule has 7 aliphatic rings. The highest BCUT2D eigenvalue weighted by atomic mass is 32.2. The summed E-state index contributed by atoms with van der Waals surface area (Å²) in [7, 11) is -4.86. The van der Waals surface area contributed by atoms with Gasteiger partial charge in [0, 0.05) is 82.1 Å². The van der Waals surface area contributed by atoms with Crippen LogP contribution in [0.15, 0.2) is 76.7 Å². The Morgan fingerprint density at radius 3 is 2.48 bits per heavy atom. The molecule has 3 aromatic carbocycles. The molecule has 1 spiro atoms. The van der Waals surface area contributed by atoms with Crippen molar-refractivity contribution in [1.29, 1.82) is 0 Å². The van der Waals surface area contributed by atoms with Crippen molar-refractivity contribution in [1.82, 2.24) is 14.9 Å². The molecule has 1 saturated carbocycles. The summed E-state index contributed by atoms with van der Waals surface area (Å²) in [5, 5.41) is 16.8. The van der Waals surface area contributed by atoms with Gasteiger partial charge < -0.3 is 49.5 Å². The number of morpholine rings is 1. The van der Waals surface area contributed by atoms with Gasteiger partial charge in [-0.1, -0.05) is 38.1 Å². The van der Waals surface area contributed by atoms with E-state index in [1.165, 1.54) is 17.2 Å². The zero-order valence-electron chi connectivity index (χ0n) is 41.0. The monoisotopic (exact) mass is 1020 g/mol. The molecule has 1 aliphatic carbocycles. The maximum Gasteiger partial charge on any atom is 0.297 e. The van der Waals surface area contributed by atoms with Crippen LogP contribution in [-0.4, -0.2) is 130 Å². The third kappa shape index (κ3) is 8.23. The number of nitro groups is 1. The Morgan fingerprint density at radius 2 is 1.71 bits per heavy atom. The molecule has 18 nitrogen and oxygen atoms in total. The van der Waals surface area contributed by atoms with E-state index in [2.05, 4.69) is 58.2 Å². The van der Waals surface area contributed by atoms with Crippen LogP contribution in [0.4, 0.5) is 32.8 Å². The maximum atomic E-state index is 16.3. The number of sulfone groups is 1. The first-order valence-corrected chi connectivity index (χ1v) is 27.1. The number of hydrogen-bond acceptors (Lipinski definition) is 15. The Labute approximate surface area is 422 Å². The van der Waals surface area contributed by atoms with Crippen LogP contribution < -0.4 is 30.3 Å². The fourth-order valence-electron chi connectivity index (χ4n) is 12.9. The highest BCUT2D eigenvalue weighted by molar-refractivity contribution is 7.91. The van der Waals surface area contributed by atoms with Gasteiger partial charge in [0.2, 0.25) is 15.7 Å². The van der Waals surface area contributed by atoms with Crippen molar-refractivity contribution in [2.75, 3.05) is 81.0 Å². The smallest absolute Gasteiger partial charge is 0.297 e. The molecule has 2 aromatic heterocycles. The first-order chi connectivity index (χ1) is 35.2. The number of piperidine rings is 1. The number of amides is 1. The Balaban J connectivity index is 0.950. The van der Waals surface area contributed by atoms with E-state index in [4.69, 9.17) is 34.4 Å². The van der Waals surface area contributed by atoms with Crippen molar-refractivity contribution in [2.24, 2.45) is 11.1 Å². The quantitative estimate of drug-likeness (QED) is 0.0901. The van der Waals surface area contributed by atoms with Crippen LogP contribution in [0, 0.1) is 15.5 Å². The van der Waals surface area contributed by atoms with Crippen molar-refractivity contribution >= 4 is 55.2 Å². The van der Waals surface area contributed by atoms with Gasteiger partial charge in [-0.15, -0.1) is 0 Å². The number of ether oxygens (including phenoxy) is 5. The van der Waals surface area contributed by atoms with E-state index in [0.29, 0.717) is 68.3 Å². The first kappa shape index (κ1) is 47.9. The van der Waals surface area contributed by atoms with E-state index in [9.17, 15) is 14.9 Å². The summed E-state index contributed by atoms with van der Waals surface area (Å²) in [6, 6.07) is 16.9. The van der Waals surface area contributed by atoms with Crippen molar-refractivity contribution in [2.45, 2.75) is 110 Å². The molecule has 5 aromatic rings. The van der Waals surface area contributed by atoms with E-state index in [0.717, 1.165) is 43.7 Å². The molecule has 8 heterocycles. The number of hydrogen-bond donors (Lipinski definition) is 3. The van der Waals surface area contributed by atoms with Gasteiger partial charge in [-0.3, -0.25) is 19.8 Å². The number of H-pyrrole nitrogens is 1. The number of benzene rings is 3. The lowest BCUT2D eigenvalue weighted by Gasteiger charge is -2.57. The third-order valence-corrected chi connectivity index (χ3v) is 18.6. The summed E-state index contributed by atoms with van der Waals surface area (Å²) in [6.45, 7) is 8.29. The largest absolute Gasteiger partial charge is 0.489 e. The molecule has 0 bridgehead atoms. The van der Waals surface area contributed by atoms with Crippen molar-refractivity contribution in [3.8, 4) is 11.6 Å². The van der Waals surface area contributed by atoms with E-state index >= 15 is 12.8 Å². The zero-order chi connectivity index (χ0) is 50.4. The number of alkyl halides is 1. The molecule has 4 saturated heterocycles. The second-order valence-electron chi connectivity index (χ2n) is 21.3. The average Bonchev–Trinajstić information content (AvgIpc) is 3.85. The predicted octanol–water partition coefficient (Wildman–Crippen LogP) is 7.73. The van der Waals surface area contributed by atoms with Crippen molar-refractivity contribution in [3.63, 3.8) is 0 Å². The third-order valence-electron chi connectivity index (χ3n) is 16.8. The van der Waals surface area contributed by atoms with E-state index < -0.39 is 55.1 Å². The van der Waals surface area contributed by atoms with Crippen LogP contribution in [0.3, 0.4) is 0 Å². The van der Waals surface area contributed by atoms with Crippen molar-refractivity contribution < 1.29 is 46.2 Å². The summed E-state index contributed by atoms with van der Waals surface area (Å²) in [6.07, 6.45) is 5.22. The summed E-state index contributed by atoms with van der Waals surface area (Å²) in [5.74, 6) is -0.402. The summed E-state index contributed by atoms with van der Waals surface area (Å²) in [4.78, 5) is 40.1. The number of rotatable bonds is 10. The SMILES string of the molecule is CC(C)c1ccccc1[C@@H]1COCCN1C1CC2(CCN(c3ccc(C(N)=O)c(N4c5cc6cc[nH]c6nc5O[C@H]5COCC[C@@H]54)c3S(=O)(=O)c3cc4c(c([N+](=O)[O-])c3)N[C@H](C3(F)CCOCC3)CO4)CC2)C1. The number of nitrogens with two attached hydrogens (primary N) is 1. The summed E-state index contributed by atoms with van der Waals surface area (Å²) in [5.41, 5.74) is 7.74. The Bertz CT molecular complexity index is 3090. The number of primary amides is 1. The number of carbonyl (C=O) groups excluding carboxylic acids is 1. The number of pyridine rings is 1. The van der Waals surface area contributed by atoms with Gasteiger partial charge in [0.1, 0.15) is 34.6 Å². The molecule has 1 amide bonds. The van der Waals surface area contributed by atoms with Gasteiger partial charge in [-0.05, 0) is 78.8 Å². The molecular formula is C53H61FN8O10S. The lowest BCUT2D eigenvalue weighted by atomic mass is 9.59. The number of carbonyl (C=O) groups is 1.